The van der Waals surface area contributed by atoms with Gasteiger partial charge in [-0.05, 0) is 12.1 Å². The van der Waals surface area contributed by atoms with Gasteiger partial charge in [-0.2, -0.15) is 0 Å². The van der Waals surface area contributed by atoms with E-state index >= 15 is 0 Å². The molecule has 0 spiro atoms. The minimum Gasteiger partial charge on any atom is -0.481 e. The maximum Gasteiger partial charge on any atom is 0.305 e. The largest absolute Gasteiger partial charge is 0.481 e. The van der Waals surface area contributed by atoms with E-state index in [0.29, 0.717) is 0 Å². The first-order chi connectivity index (χ1) is 7.00. The first kappa shape index (κ1) is 11.3. The molecule has 1 aromatic carbocycles. The van der Waals surface area contributed by atoms with Gasteiger partial charge in [-0.3, -0.25) is 9.59 Å². The number of ketones is 1. The van der Waals surface area contributed by atoms with Crippen molar-refractivity contribution >= 4 is 11.8 Å². The number of rotatable bonds is 4. The van der Waals surface area contributed by atoms with Crippen molar-refractivity contribution in [2.75, 3.05) is 0 Å². The molecule has 0 aliphatic heterocycles. The second-order valence-corrected chi connectivity index (χ2v) is 3.08. The molecule has 0 radical (unpaired) electrons. The first-order valence-corrected chi connectivity index (χ1v) is 4.28. The summed E-state index contributed by atoms with van der Waals surface area (Å²) < 4.78 is 12.7. The van der Waals surface area contributed by atoms with Crippen LogP contribution < -0.4 is 5.73 Å². The van der Waals surface area contributed by atoms with Gasteiger partial charge in [0.25, 0.3) is 0 Å². The van der Waals surface area contributed by atoms with E-state index in [-0.39, 0.29) is 5.56 Å². The van der Waals surface area contributed by atoms with Gasteiger partial charge >= 0.3 is 5.97 Å². The summed E-state index contributed by atoms with van der Waals surface area (Å²) in [6.07, 6.45) is -0.463. The lowest BCUT2D eigenvalue weighted by Crippen LogP contribution is -2.32. The third kappa shape index (κ3) is 3.14. The van der Waals surface area contributed by atoms with Crippen LogP contribution >= 0.6 is 0 Å². The lowest BCUT2D eigenvalue weighted by molar-refractivity contribution is -0.137. The summed E-state index contributed by atoms with van der Waals surface area (Å²) in [7, 11) is 0. The van der Waals surface area contributed by atoms with Crippen molar-refractivity contribution in [2.24, 2.45) is 5.73 Å². The Balaban J connectivity index is 2.80. The number of halogens is 1. The molecule has 4 nitrogen and oxygen atoms in total. The Morgan fingerprint density at radius 3 is 2.67 bits per heavy atom. The standard InChI is InChI=1S/C10H10FNO3/c11-7-3-1-2-6(4-7)10(15)8(12)5-9(13)14/h1-4,8H,5,12H2,(H,13,14)/t8-/m0/s1. The van der Waals surface area contributed by atoms with E-state index in [4.69, 9.17) is 10.8 Å². The molecule has 1 aromatic rings. The number of carbonyl (C=O) groups is 2. The molecule has 0 aromatic heterocycles. The molecule has 0 saturated carbocycles. The van der Waals surface area contributed by atoms with Crippen molar-refractivity contribution < 1.29 is 19.1 Å². The number of hydrogen-bond donors (Lipinski definition) is 2. The molecule has 0 heterocycles. The SMILES string of the molecule is N[C@@H](CC(=O)O)C(=O)c1cccc(F)c1. The first-order valence-electron chi connectivity index (χ1n) is 4.28. The zero-order chi connectivity index (χ0) is 11.4. The van der Waals surface area contributed by atoms with Crippen molar-refractivity contribution in [3.05, 3.63) is 35.6 Å². The highest BCUT2D eigenvalue weighted by molar-refractivity contribution is 6.01. The van der Waals surface area contributed by atoms with Crippen LogP contribution in [0, 0.1) is 5.82 Å². The molecule has 15 heavy (non-hydrogen) atoms. The normalized spacial score (nSPS) is 12.1. The number of carboxylic acids is 1. The highest BCUT2D eigenvalue weighted by atomic mass is 19.1. The highest BCUT2D eigenvalue weighted by Gasteiger charge is 2.18. The number of Topliss-reactive ketones (excluding diaryl/α,β-unsaturated/α-hetero) is 1. The average Bonchev–Trinajstić information content (AvgIpc) is 2.15. The Morgan fingerprint density at radius 2 is 2.13 bits per heavy atom. The summed E-state index contributed by atoms with van der Waals surface area (Å²) in [6.45, 7) is 0. The van der Waals surface area contributed by atoms with Crippen LogP contribution in [0.5, 0.6) is 0 Å². The smallest absolute Gasteiger partial charge is 0.305 e. The minimum absolute atomic E-state index is 0.0868. The summed E-state index contributed by atoms with van der Waals surface area (Å²) >= 11 is 0. The molecule has 0 bridgehead atoms. The summed E-state index contributed by atoms with van der Waals surface area (Å²) in [5.41, 5.74) is 5.43. The van der Waals surface area contributed by atoms with Gasteiger partial charge in [0.15, 0.2) is 5.78 Å². The van der Waals surface area contributed by atoms with Crippen LogP contribution in [0.15, 0.2) is 24.3 Å². The molecule has 0 aliphatic rings. The highest BCUT2D eigenvalue weighted by Crippen LogP contribution is 2.07. The van der Waals surface area contributed by atoms with Gasteiger partial charge < -0.3 is 10.8 Å². The lowest BCUT2D eigenvalue weighted by Gasteiger charge is -2.07. The van der Waals surface area contributed by atoms with Crippen LogP contribution in [-0.2, 0) is 4.79 Å². The van der Waals surface area contributed by atoms with Crippen LogP contribution in [0.25, 0.3) is 0 Å². The Labute approximate surface area is 85.5 Å². The van der Waals surface area contributed by atoms with E-state index in [9.17, 15) is 14.0 Å². The summed E-state index contributed by atoms with van der Waals surface area (Å²) in [5.74, 6) is -2.28. The predicted octanol–water partition coefficient (Wildman–Crippen LogP) is 0.810. The van der Waals surface area contributed by atoms with Gasteiger partial charge in [0.05, 0.1) is 12.5 Å². The maximum absolute atomic E-state index is 12.7. The zero-order valence-electron chi connectivity index (χ0n) is 7.81. The topological polar surface area (TPSA) is 80.4 Å². The fraction of sp³-hybridized carbons (Fsp3) is 0.200. The van der Waals surface area contributed by atoms with Gasteiger partial charge in [0.1, 0.15) is 5.82 Å². The van der Waals surface area contributed by atoms with E-state index in [1.54, 1.807) is 0 Å². The Bertz CT molecular complexity index is 392. The van der Waals surface area contributed by atoms with Gasteiger partial charge in [-0.25, -0.2) is 4.39 Å². The van der Waals surface area contributed by atoms with E-state index in [1.807, 2.05) is 0 Å². The molecule has 5 heteroatoms. The van der Waals surface area contributed by atoms with E-state index in [1.165, 1.54) is 18.2 Å². The van der Waals surface area contributed by atoms with Crippen molar-refractivity contribution in [1.82, 2.24) is 0 Å². The number of aliphatic carboxylic acids is 1. The number of carboxylic acid groups (broad SMARTS) is 1. The van der Waals surface area contributed by atoms with Crippen molar-refractivity contribution in [1.29, 1.82) is 0 Å². The molecular formula is C10H10FNO3. The molecule has 80 valence electrons. The van der Waals surface area contributed by atoms with Crippen molar-refractivity contribution in [3.63, 3.8) is 0 Å². The van der Waals surface area contributed by atoms with Gasteiger partial charge in [-0.15, -0.1) is 0 Å². The number of carbonyl (C=O) groups excluding carboxylic acids is 1. The summed E-state index contributed by atoms with van der Waals surface area (Å²) in [6, 6.07) is 3.86. The summed E-state index contributed by atoms with van der Waals surface area (Å²) in [4.78, 5) is 21.8. The van der Waals surface area contributed by atoms with E-state index in [0.717, 1.165) is 6.07 Å². The Kier molecular flexibility index (Phi) is 3.51. The van der Waals surface area contributed by atoms with Gasteiger partial charge in [-0.1, -0.05) is 12.1 Å². The number of nitrogens with two attached hydrogens (primary N) is 1. The maximum atomic E-state index is 12.7. The number of hydrogen-bond acceptors (Lipinski definition) is 3. The Hall–Kier alpha value is -1.75. The zero-order valence-corrected chi connectivity index (χ0v) is 7.81. The van der Waals surface area contributed by atoms with Crippen LogP contribution in [0.4, 0.5) is 4.39 Å². The molecule has 0 fully saturated rings. The Morgan fingerprint density at radius 1 is 1.47 bits per heavy atom. The average molecular weight is 211 g/mol. The third-order valence-electron chi connectivity index (χ3n) is 1.84. The molecule has 0 unspecified atom stereocenters. The fourth-order valence-electron chi connectivity index (χ4n) is 1.14. The third-order valence-corrected chi connectivity index (χ3v) is 1.84. The molecule has 0 amide bonds. The van der Waals surface area contributed by atoms with Gasteiger partial charge in [0, 0.05) is 5.56 Å². The van der Waals surface area contributed by atoms with Crippen molar-refractivity contribution in [3.8, 4) is 0 Å². The molecule has 1 rings (SSSR count). The van der Waals surface area contributed by atoms with Gasteiger partial charge in [0.2, 0.25) is 0 Å². The van der Waals surface area contributed by atoms with Crippen LogP contribution in [-0.4, -0.2) is 22.9 Å². The second-order valence-electron chi connectivity index (χ2n) is 3.08. The minimum atomic E-state index is -1.16. The van der Waals surface area contributed by atoms with E-state index < -0.39 is 30.0 Å². The second kappa shape index (κ2) is 4.65. The predicted molar refractivity (Wildman–Crippen MR) is 51.0 cm³/mol. The van der Waals surface area contributed by atoms with E-state index in [2.05, 4.69) is 0 Å². The van der Waals surface area contributed by atoms with Crippen LogP contribution in [0.1, 0.15) is 16.8 Å². The number of benzene rings is 1. The molecule has 3 N–H and O–H groups in total. The molecule has 1 atom stereocenters. The quantitative estimate of drug-likeness (QED) is 0.722. The molecule has 0 aliphatic carbocycles. The molecular weight excluding hydrogens is 201 g/mol. The molecule has 0 saturated heterocycles. The van der Waals surface area contributed by atoms with Crippen molar-refractivity contribution in [2.45, 2.75) is 12.5 Å². The van der Waals surface area contributed by atoms with Crippen LogP contribution in [0.2, 0.25) is 0 Å². The van der Waals surface area contributed by atoms with Crippen LogP contribution in [0.3, 0.4) is 0 Å². The summed E-state index contributed by atoms with van der Waals surface area (Å²) in [5, 5.41) is 8.43. The monoisotopic (exact) mass is 211 g/mol. The lowest BCUT2D eigenvalue weighted by atomic mass is 10.0. The fourth-order valence-corrected chi connectivity index (χ4v) is 1.14.